The van der Waals surface area contributed by atoms with Crippen molar-refractivity contribution in [3.8, 4) is 5.75 Å². The molecular formula is C28H45NO7S. The van der Waals surface area contributed by atoms with Crippen LogP contribution < -0.4 is 9.46 Å². The van der Waals surface area contributed by atoms with Gasteiger partial charge in [0.15, 0.2) is 0 Å². The zero-order chi connectivity index (χ0) is 28.6. The van der Waals surface area contributed by atoms with Crippen LogP contribution in [0.3, 0.4) is 0 Å². The maximum absolute atomic E-state index is 13.8. The lowest BCUT2D eigenvalue weighted by Crippen LogP contribution is -2.45. The molecule has 210 valence electrons. The van der Waals surface area contributed by atoms with Gasteiger partial charge in [-0.3, -0.25) is 9.59 Å². The van der Waals surface area contributed by atoms with Crippen molar-refractivity contribution in [1.82, 2.24) is 4.72 Å². The van der Waals surface area contributed by atoms with Gasteiger partial charge in [0.1, 0.15) is 28.6 Å². The minimum absolute atomic E-state index is 0.0912. The fraction of sp³-hybridized carbons (Fsp3) is 0.714. The van der Waals surface area contributed by atoms with Gasteiger partial charge in [0, 0.05) is 6.42 Å². The van der Waals surface area contributed by atoms with Crippen molar-refractivity contribution in [2.75, 3.05) is 0 Å². The molecule has 0 unspecified atom stereocenters. The van der Waals surface area contributed by atoms with E-state index in [1.54, 1.807) is 48.5 Å². The van der Waals surface area contributed by atoms with Crippen molar-refractivity contribution >= 4 is 22.0 Å². The molecule has 0 aromatic heterocycles. The van der Waals surface area contributed by atoms with E-state index in [9.17, 15) is 18.0 Å². The smallest absolute Gasteiger partial charge is 0.324 e. The number of nitrogens with one attached hydrogen (secondary N) is 1. The Hall–Kier alpha value is -2.13. The molecule has 1 N–H and O–H groups in total. The van der Waals surface area contributed by atoms with Crippen LogP contribution in [0.4, 0.5) is 0 Å². The van der Waals surface area contributed by atoms with Gasteiger partial charge in [-0.05, 0) is 117 Å². The van der Waals surface area contributed by atoms with E-state index in [-0.39, 0.29) is 23.3 Å². The van der Waals surface area contributed by atoms with E-state index in [1.807, 2.05) is 27.7 Å². The number of esters is 2. The third-order valence-corrected chi connectivity index (χ3v) is 8.55. The molecule has 0 saturated heterocycles. The molecule has 0 saturated carbocycles. The fourth-order valence-corrected chi connectivity index (χ4v) is 6.08. The lowest BCUT2D eigenvalue weighted by molar-refractivity contribution is -0.159. The second kappa shape index (κ2) is 10.9. The van der Waals surface area contributed by atoms with Crippen LogP contribution >= 0.6 is 0 Å². The van der Waals surface area contributed by atoms with Crippen LogP contribution in [-0.4, -0.2) is 43.2 Å². The Bertz CT molecular complexity index is 1140. The van der Waals surface area contributed by atoms with Crippen molar-refractivity contribution in [3.63, 3.8) is 0 Å². The summed E-state index contributed by atoms with van der Waals surface area (Å²) in [5.74, 6) is -0.513. The van der Waals surface area contributed by atoms with Crippen LogP contribution in [0.5, 0.6) is 5.75 Å². The number of benzene rings is 1. The van der Waals surface area contributed by atoms with E-state index in [0.29, 0.717) is 24.0 Å². The number of ether oxygens (including phenoxy) is 3. The highest BCUT2D eigenvalue weighted by Crippen LogP contribution is 2.42. The molecular weight excluding hydrogens is 494 g/mol. The summed E-state index contributed by atoms with van der Waals surface area (Å²) >= 11 is 0. The van der Waals surface area contributed by atoms with E-state index >= 15 is 0 Å². The Balaban J connectivity index is 2.45. The number of rotatable bonds is 9. The molecule has 1 heterocycles. The molecule has 1 aromatic rings. The van der Waals surface area contributed by atoms with E-state index in [1.165, 1.54) is 0 Å². The Morgan fingerprint density at radius 2 is 1.62 bits per heavy atom. The second-order valence-corrected chi connectivity index (χ2v) is 13.9. The predicted octanol–water partition coefficient (Wildman–Crippen LogP) is 5.22. The van der Waals surface area contributed by atoms with Crippen LogP contribution in [0.2, 0.25) is 0 Å². The predicted molar refractivity (Wildman–Crippen MR) is 143 cm³/mol. The van der Waals surface area contributed by atoms with E-state index in [2.05, 4.69) is 4.72 Å². The van der Waals surface area contributed by atoms with Gasteiger partial charge in [-0.1, -0.05) is 6.92 Å². The van der Waals surface area contributed by atoms with Gasteiger partial charge < -0.3 is 14.2 Å². The summed E-state index contributed by atoms with van der Waals surface area (Å²) in [6.45, 7) is 20.0. The van der Waals surface area contributed by atoms with Gasteiger partial charge in [-0.25, -0.2) is 8.42 Å². The largest absolute Gasteiger partial charge is 0.487 e. The van der Waals surface area contributed by atoms with Gasteiger partial charge in [-0.15, -0.1) is 0 Å². The van der Waals surface area contributed by atoms with E-state index < -0.39 is 39.2 Å². The molecule has 0 fully saturated rings. The SMILES string of the molecule is CCC(C)(C)OC(=O)[C@H](CCC(=O)OC(C)(C)C)NS(=O)(=O)c1c(C)c(C)c2c(c1C)CCC(C)(C)O2. The highest BCUT2D eigenvalue weighted by atomic mass is 32.2. The molecule has 8 nitrogen and oxygen atoms in total. The van der Waals surface area contributed by atoms with E-state index in [4.69, 9.17) is 14.2 Å². The van der Waals surface area contributed by atoms with Crippen molar-refractivity contribution in [2.24, 2.45) is 0 Å². The van der Waals surface area contributed by atoms with Crippen molar-refractivity contribution < 1.29 is 32.2 Å². The summed E-state index contributed by atoms with van der Waals surface area (Å²) in [5, 5.41) is 0. The Morgan fingerprint density at radius 1 is 1.03 bits per heavy atom. The number of hydrogen-bond acceptors (Lipinski definition) is 7. The van der Waals surface area contributed by atoms with Crippen molar-refractivity contribution in [2.45, 2.75) is 136 Å². The monoisotopic (exact) mass is 539 g/mol. The standard InChI is InChI=1S/C28H45NO7S/c1-12-27(8,9)36-25(31)21(13-14-22(30)34-26(5,6)7)29-37(32,33)24-18(3)17(2)23-20(19(24)4)15-16-28(10,11)35-23/h21,29H,12-16H2,1-11H3/t21-/m0/s1. The van der Waals surface area contributed by atoms with Gasteiger partial charge >= 0.3 is 11.9 Å². The molecule has 2 rings (SSSR count). The number of carbonyl (C=O) groups excluding carboxylic acids is 2. The van der Waals surface area contributed by atoms with E-state index in [0.717, 1.165) is 23.3 Å². The first kappa shape index (κ1) is 31.1. The topological polar surface area (TPSA) is 108 Å². The molecule has 0 amide bonds. The summed E-state index contributed by atoms with van der Waals surface area (Å²) in [7, 11) is -4.15. The highest BCUT2D eigenvalue weighted by Gasteiger charge is 2.36. The molecule has 1 aliphatic rings. The van der Waals surface area contributed by atoms with Gasteiger partial charge in [0.05, 0.1) is 4.90 Å². The number of fused-ring (bicyclic) bond motifs is 1. The minimum atomic E-state index is -4.15. The lowest BCUT2D eigenvalue weighted by Gasteiger charge is -2.36. The number of sulfonamides is 1. The highest BCUT2D eigenvalue weighted by molar-refractivity contribution is 7.89. The zero-order valence-corrected chi connectivity index (χ0v) is 25.2. The van der Waals surface area contributed by atoms with Gasteiger partial charge in [-0.2, -0.15) is 4.72 Å². The molecule has 37 heavy (non-hydrogen) atoms. The maximum Gasteiger partial charge on any atom is 0.324 e. The van der Waals surface area contributed by atoms with Crippen LogP contribution in [-0.2, 0) is 35.5 Å². The lowest BCUT2D eigenvalue weighted by atomic mass is 9.88. The fourth-order valence-electron chi connectivity index (χ4n) is 4.29. The molecule has 1 aliphatic heterocycles. The zero-order valence-electron chi connectivity index (χ0n) is 24.4. The number of hydrogen-bond donors (Lipinski definition) is 1. The third-order valence-electron chi connectivity index (χ3n) is 6.80. The van der Waals surface area contributed by atoms with Gasteiger partial charge in [0.25, 0.3) is 0 Å². The number of carbonyl (C=O) groups is 2. The van der Waals surface area contributed by atoms with Crippen molar-refractivity contribution in [3.05, 3.63) is 22.3 Å². The first-order valence-electron chi connectivity index (χ1n) is 13.0. The Morgan fingerprint density at radius 3 is 2.16 bits per heavy atom. The molecule has 0 spiro atoms. The molecule has 0 aliphatic carbocycles. The maximum atomic E-state index is 13.8. The summed E-state index contributed by atoms with van der Waals surface area (Å²) in [6.07, 6.45) is 1.75. The normalized spacial score (nSPS) is 16.4. The molecule has 1 atom stereocenters. The Kier molecular flexibility index (Phi) is 9.18. The first-order chi connectivity index (χ1) is 16.7. The third kappa shape index (κ3) is 7.93. The van der Waals surface area contributed by atoms with Gasteiger partial charge in [0.2, 0.25) is 10.0 Å². The Labute approximate surface area is 222 Å². The summed E-state index contributed by atoms with van der Waals surface area (Å²) in [4.78, 5) is 25.6. The average Bonchev–Trinajstić information content (AvgIpc) is 2.72. The second-order valence-electron chi connectivity index (χ2n) is 12.2. The summed E-state index contributed by atoms with van der Waals surface area (Å²) in [6, 6.07) is -1.26. The van der Waals surface area contributed by atoms with Crippen LogP contribution in [0, 0.1) is 20.8 Å². The van der Waals surface area contributed by atoms with Crippen molar-refractivity contribution in [1.29, 1.82) is 0 Å². The summed E-state index contributed by atoms with van der Waals surface area (Å²) < 4.78 is 47.3. The molecule has 1 aromatic carbocycles. The first-order valence-corrected chi connectivity index (χ1v) is 14.5. The van der Waals surface area contributed by atoms with Crippen LogP contribution in [0.1, 0.15) is 103 Å². The summed E-state index contributed by atoms with van der Waals surface area (Å²) in [5.41, 5.74) is 0.978. The average molecular weight is 540 g/mol. The van der Waals surface area contributed by atoms with Crippen LogP contribution in [0.15, 0.2) is 4.90 Å². The molecule has 9 heteroatoms. The molecule has 0 bridgehead atoms. The molecule has 0 radical (unpaired) electrons. The van der Waals surface area contributed by atoms with Crippen LogP contribution in [0.25, 0.3) is 0 Å². The quantitative estimate of drug-likeness (QED) is 0.429. The minimum Gasteiger partial charge on any atom is -0.487 e.